The molecule has 2 N–H and O–H groups in total. The van der Waals surface area contributed by atoms with Crippen LogP contribution in [0.15, 0.2) is 12.7 Å². The van der Waals surface area contributed by atoms with Crippen molar-refractivity contribution >= 4 is 12.0 Å². The maximum absolute atomic E-state index is 11.7. The van der Waals surface area contributed by atoms with Gasteiger partial charge in [-0.3, -0.25) is 4.79 Å². The molecule has 0 aliphatic heterocycles. The van der Waals surface area contributed by atoms with Crippen molar-refractivity contribution in [2.24, 2.45) is 0 Å². The third kappa shape index (κ3) is 8.20. The van der Waals surface area contributed by atoms with Crippen LogP contribution < -0.4 is 5.32 Å². The van der Waals surface area contributed by atoms with Gasteiger partial charge in [-0.15, -0.1) is 6.58 Å². The van der Waals surface area contributed by atoms with Crippen LogP contribution in [0.5, 0.6) is 0 Å². The van der Waals surface area contributed by atoms with Gasteiger partial charge in [-0.2, -0.15) is 0 Å². The summed E-state index contributed by atoms with van der Waals surface area (Å²) in [6.07, 6.45) is 2.36. The van der Waals surface area contributed by atoms with E-state index in [9.17, 15) is 9.59 Å². The van der Waals surface area contributed by atoms with Crippen LogP contribution in [0.3, 0.4) is 0 Å². The summed E-state index contributed by atoms with van der Waals surface area (Å²) >= 11 is 0. The van der Waals surface area contributed by atoms with Gasteiger partial charge in [0.25, 0.3) is 0 Å². The molecule has 0 spiro atoms. The van der Waals surface area contributed by atoms with Crippen molar-refractivity contribution < 1.29 is 14.7 Å². The van der Waals surface area contributed by atoms with Gasteiger partial charge in [-0.1, -0.05) is 19.9 Å². The number of carboxylic acids is 1. The van der Waals surface area contributed by atoms with Gasteiger partial charge in [0.2, 0.25) is 0 Å². The number of hydrogen-bond acceptors (Lipinski definition) is 3. The second kappa shape index (κ2) is 10.4. The van der Waals surface area contributed by atoms with Crippen LogP contribution in [0.25, 0.3) is 0 Å². The Morgan fingerprint density at radius 1 is 1.32 bits per heavy atom. The third-order valence-electron chi connectivity index (χ3n) is 2.78. The van der Waals surface area contributed by atoms with E-state index < -0.39 is 5.97 Å². The molecule has 0 bridgehead atoms. The quantitative estimate of drug-likeness (QED) is 0.459. The van der Waals surface area contributed by atoms with Crippen molar-refractivity contribution in [2.45, 2.75) is 20.3 Å². The number of urea groups is 1. The number of carbonyl (C=O) groups is 2. The molecule has 6 heteroatoms. The summed E-state index contributed by atoms with van der Waals surface area (Å²) in [6, 6.07) is -0.359. The van der Waals surface area contributed by atoms with E-state index in [0.717, 1.165) is 26.1 Å². The average molecular weight is 271 g/mol. The van der Waals surface area contributed by atoms with Crippen molar-refractivity contribution in [3.63, 3.8) is 0 Å². The fraction of sp³-hybridized carbons (Fsp3) is 0.692. The minimum absolute atomic E-state index is 0.230. The van der Waals surface area contributed by atoms with Crippen molar-refractivity contribution in [1.29, 1.82) is 0 Å². The predicted octanol–water partition coefficient (Wildman–Crippen LogP) is 1.00. The molecule has 0 fully saturated rings. The summed E-state index contributed by atoms with van der Waals surface area (Å²) in [7, 11) is 0. The van der Waals surface area contributed by atoms with E-state index in [2.05, 4.69) is 30.6 Å². The maximum atomic E-state index is 11.7. The second-order valence-corrected chi connectivity index (χ2v) is 4.18. The van der Waals surface area contributed by atoms with Crippen LogP contribution in [0.2, 0.25) is 0 Å². The van der Waals surface area contributed by atoms with Crippen LogP contribution >= 0.6 is 0 Å². The topological polar surface area (TPSA) is 72.9 Å². The summed E-state index contributed by atoms with van der Waals surface area (Å²) in [5.74, 6) is -1.03. The Morgan fingerprint density at radius 3 is 2.42 bits per heavy atom. The number of hydrogen-bond donors (Lipinski definition) is 2. The van der Waals surface area contributed by atoms with E-state index in [0.29, 0.717) is 6.54 Å². The molecule has 0 aromatic rings. The van der Waals surface area contributed by atoms with Crippen molar-refractivity contribution in [3.8, 4) is 0 Å². The molecule has 0 saturated carbocycles. The zero-order valence-electron chi connectivity index (χ0n) is 11.9. The molecule has 0 aromatic carbocycles. The van der Waals surface area contributed by atoms with Gasteiger partial charge in [0, 0.05) is 13.1 Å². The van der Waals surface area contributed by atoms with Gasteiger partial charge >= 0.3 is 12.0 Å². The number of nitrogens with one attached hydrogen (secondary N) is 1. The van der Waals surface area contributed by atoms with E-state index in [-0.39, 0.29) is 19.1 Å². The summed E-state index contributed by atoms with van der Waals surface area (Å²) in [6.45, 7) is 11.1. The van der Waals surface area contributed by atoms with Crippen LogP contribution in [-0.4, -0.2) is 66.2 Å². The largest absolute Gasteiger partial charge is 0.480 e. The number of aliphatic carboxylic acids is 1. The fourth-order valence-electron chi connectivity index (χ4n) is 1.69. The lowest BCUT2D eigenvalue weighted by molar-refractivity contribution is -0.137. The first kappa shape index (κ1) is 17.4. The Hall–Kier alpha value is -1.56. The first-order chi connectivity index (χ1) is 9.04. The van der Waals surface area contributed by atoms with Gasteiger partial charge in [-0.05, 0) is 26.1 Å². The third-order valence-corrected chi connectivity index (χ3v) is 2.78. The SMILES string of the molecule is C=CCN(CC(=O)O)C(=O)NCCCN(CC)CC. The standard InChI is InChI=1S/C13H25N3O3/c1-4-9-16(11-12(17)18)13(19)14-8-7-10-15(5-2)6-3/h4H,1,5-11H2,2-3H3,(H,14,19)(H,17,18). The second-order valence-electron chi connectivity index (χ2n) is 4.18. The number of rotatable bonds is 10. The highest BCUT2D eigenvalue weighted by molar-refractivity contribution is 5.80. The first-order valence-corrected chi connectivity index (χ1v) is 6.62. The molecule has 19 heavy (non-hydrogen) atoms. The molecule has 0 saturated heterocycles. The number of carbonyl (C=O) groups excluding carboxylic acids is 1. The van der Waals surface area contributed by atoms with Crippen LogP contribution in [0, 0.1) is 0 Å². The zero-order valence-corrected chi connectivity index (χ0v) is 11.9. The highest BCUT2D eigenvalue weighted by Crippen LogP contribution is 1.93. The smallest absolute Gasteiger partial charge is 0.323 e. The lowest BCUT2D eigenvalue weighted by atomic mass is 10.3. The minimum atomic E-state index is -1.03. The highest BCUT2D eigenvalue weighted by atomic mass is 16.4. The van der Waals surface area contributed by atoms with Crippen molar-refractivity contribution in [2.75, 3.05) is 39.3 Å². The molecule has 110 valence electrons. The fourth-order valence-corrected chi connectivity index (χ4v) is 1.69. The molecule has 0 aromatic heterocycles. The molecule has 0 rings (SSSR count). The lowest BCUT2D eigenvalue weighted by Gasteiger charge is -2.21. The summed E-state index contributed by atoms with van der Waals surface area (Å²) < 4.78 is 0. The molecule has 0 radical (unpaired) electrons. The normalized spacial score (nSPS) is 10.3. The Bertz CT molecular complexity index is 291. The first-order valence-electron chi connectivity index (χ1n) is 6.62. The molecule has 0 aliphatic carbocycles. The van der Waals surface area contributed by atoms with Gasteiger partial charge in [0.15, 0.2) is 0 Å². The summed E-state index contributed by atoms with van der Waals surface area (Å²) in [4.78, 5) is 25.8. The zero-order chi connectivity index (χ0) is 14.7. The van der Waals surface area contributed by atoms with E-state index in [1.807, 2.05) is 0 Å². The molecule has 0 atom stereocenters. The molecule has 6 nitrogen and oxygen atoms in total. The molecular formula is C13H25N3O3. The van der Waals surface area contributed by atoms with Crippen molar-refractivity contribution in [1.82, 2.24) is 15.1 Å². The van der Waals surface area contributed by atoms with Crippen molar-refractivity contribution in [3.05, 3.63) is 12.7 Å². The van der Waals surface area contributed by atoms with Gasteiger partial charge in [0.1, 0.15) is 6.54 Å². The van der Waals surface area contributed by atoms with Crippen LogP contribution in [0.4, 0.5) is 4.79 Å². The Balaban J connectivity index is 3.98. The molecule has 2 amide bonds. The maximum Gasteiger partial charge on any atom is 0.323 e. The van der Waals surface area contributed by atoms with E-state index in [1.165, 1.54) is 11.0 Å². The molecule has 0 aliphatic rings. The highest BCUT2D eigenvalue weighted by Gasteiger charge is 2.14. The summed E-state index contributed by atoms with van der Waals surface area (Å²) in [5, 5.41) is 11.4. The van der Waals surface area contributed by atoms with Gasteiger partial charge in [-0.25, -0.2) is 4.79 Å². The number of nitrogens with zero attached hydrogens (tertiary/aromatic N) is 2. The molecule has 0 unspecified atom stereocenters. The number of carboxylic acid groups (broad SMARTS) is 1. The van der Waals surface area contributed by atoms with Gasteiger partial charge < -0.3 is 20.2 Å². The van der Waals surface area contributed by atoms with Crippen LogP contribution in [0.1, 0.15) is 20.3 Å². The Morgan fingerprint density at radius 2 is 1.95 bits per heavy atom. The predicted molar refractivity (Wildman–Crippen MR) is 75.2 cm³/mol. The number of amides is 2. The van der Waals surface area contributed by atoms with E-state index in [1.54, 1.807) is 0 Å². The average Bonchev–Trinajstić information content (AvgIpc) is 2.37. The monoisotopic (exact) mass is 271 g/mol. The Labute approximate surface area is 115 Å². The van der Waals surface area contributed by atoms with Crippen LogP contribution in [-0.2, 0) is 4.79 Å². The summed E-state index contributed by atoms with van der Waals surface area (Å²) in [5.41, 5.74) is 0. The molecular weight excluding hydrogens is 246 g/mol. The molecule has 0 heterocycles. The Kier molecular flexibility index (Phi) is 9.52. The van der Waals surface area contributed by atoms with E-state index in [4.69, 9.17) is 5.11 Å². The lowest BCUT2D eigenvalue weighted by Crippen LogP contribution is -2.43. The van der Waals surface area contributed by atoms with Gasteiger partial charge in [0.05, 0.1) is 0 Å². The van der Waals surface area contributed by atoms with E-state index >= 15 is 0 Å². The minimum Gasteiger partial charge on any atom is -0.480 e.